The van der Waals surface area contributed by atoms with E-state index in [1.54, 1.807) is 13.0 Å². The summed E-state index contributed by atoms with van der Waals surface area (Å²) in [7, 11) is 0. The van der Waals surface area contributed by atoms with Crippen molar-refractivity contribution in [2.45, 2.75) is 25.8 Å². The molecule has 100 valence electrons. The molecule has 1 rings (SSSR count). The predicted molar refractivity (Wildman–Crippen MR) is 72.0 cm³/mol. The first-order valence-corrected chi connectivity index (χ1v) is 6.34. The molecule has 0 aliphatic carbocycles. The standard InChI is InChI=1S/C12H16BrFN2O2/c1-3-12(2,7-17)16-11(18)15-10-5-8(13)4-9(14)6-10/h4-6,17H,3,7H2,1-2H3,(H2,15,16,18). The summed E-state index contributed by atoms with van der Waals surface area (Å²) in [5.74, 6) is -0.444. The average molecular weight is 319 g/mol. The molecular formula is C12H16BrFN2O2. The van der Waals surface area contributed by atoms with Crippen molar-refractivity contribution in [2.75, 3.05) is 11.9 Å². The van der Waals surface area contributed by atoms with Crippen LogP contribution in [-0.4, -0.2) is 23.3 Å². The Morgan fingerprint density at radius 1 is 1.50 bits per heavy atom. The first-order valence-electron chi connectivity index (χ1n) is 5.54. The zero-order valence-corrected chi connectivity index (χ0v) is 11.8. The van der Waals surface area contributed by atoms with Gasteiger partial charge in [-0.05, 0) is 31.5 Å². The highest BCUT2D eigenvalue weighted by Gasteiger charge is 2.23. The van der Waals surface area contributed by atoms with Crippen molar-refractivity contribution in [1.29, 1.82) is 0 Å². The molecular weight excluding hydrogens is 303 g/mol. The molecule has 18 heavy (non-hydrogen) atoms. The number of anilines is 1. The van der Waals surface area contributed by atoms with Gasteiger partial charge in [-0.1, -0.05) is 22.9 Å². The highest BCUT2D eigenvalue weighted by atomic mass is 79.9. The molecule has 0 fully saturated rings. The SMILES string of the molecule is CCC(C)(CO)NC(=O)Nc1cc(F)cc(Br)c1. The Morgan fingerprint density at radius 3 is 2.67 bits per heavy atom. The van der Waals surface area contributed by atoms with E-state index in [0.29, 0.717) is 16.6 Å². The van der Waals surface area contributed by atoms with Gasteiger partial charge in [0.05, 0.1) is 12.1 Å². The zero-order chi connectivity index (χ0) is 13.8. The number of nitrogens with one attached hydrogen (secondary N) is 2. The van der Waals surface area contributed by atoms with Gasteiger partial charge in [0.25, 0.3) is 0 Å². The molecule has 6 heteroatoms. The van der Waals surface area contributed by atoms with Crippen LogP contribution in [-0.2, 0) is 0 Å². The number of halogens is 2. The molecule has 0 bridgehead atoms. The highest BCUT2D eigenvalue weighted by molar-refractivity contribution is 9.10. The van der Waals surface area contributed by atoms with E-state index >= 15 is 0 Å². The smallest absolute Gasteiger partial charge is 0.319 e. The van der Waals surface area contributed by atoms with Crippen LogP contribution in [0.2, 0.25) is 0 Å². The van der Waals surface area contributed by atoms with Crippen LogP contribution in [0.1, 0.15) is 20.3 Å². The Hall–Kier alpha value is -1.14. The summed E-state index contributed by atoms with van der Waals surface area (Å²) >= 11 is 3.14. The minimum Gasteiger partial charge on any atom is -0.394 e. The largest absolute Gasteiger partial charge is 0.394 e. The second-order valence-electron chi connectivity index (χ2n) is 4.31. The van der Waals surface area contributed by atoms with E-state index in [2.05, 4.69) is 26.6 Å². The maximum atomic E-state index is 13.1. The minimum absolute atomic E-state index is 0.163. The second kappa shape index (κ2) is 6.15. The lowest BCUT2D eigenvalue weighted by Gasteiger charge is -2.27. The number of urea groups is 1. The molecule has 0 saturated heterocycles. The van der Waals surface area contributed by atoms with Gasteiger partial charge in [0.1, 0.15) is 5.82 Å². The van der Waals surface area contributed by atoms with Crippen LogP contribution in [0.4, 0.5) is 14.9 Å². The van der Waals surface area contributed by atoms with E-state index in [1.807, 2.05) is 6.92 Å². The van der Waals surface area contributed by atoms with Gasteiger partial charge in [0.15, 0.2) is 0 Å². The summed E-state index contributed by atoms with van der Waals surface area (Å²) < 4.78 is 13.6. The number of hydrogen-bond donors (Lipinski definition) is 3. The second-order valence-corrected chi connectivity index (χ2v) is 5.23. The molecule has 0 saturated carbocycles. The van der Waals surface area contributed by atoms with Gasteiger partial charge in [-0.15, -0.1) is 0 Å². The Bertz CT molecular complexity index is 416. The lowest BCUT2D eigenvalue weighted by atomic mass is 10.0. The van der Waals surface area contributed by atoms with Crippen LogP contribution < -0.4 is 10.6 Å². The lowest BCUT2D eigenvalue weighted by Crippen LogP contribution is -2.50. The van der Waals surface area contributed by atoms with Gasteiger partial charge < -0.3 is 15.7 Å². The van der Waals surface area contributed by atoms with E-state index in [9.17, 15) is 14.3 Å². The van der Waals surface area contributed by atoms with Crippen LogP contribution in [0.25, 0.3) is 0 Å². The van der Waals surface area contributed by atoms with E-state index in [1.165, 1.54) is 12.1 Å². The van der Waals surface area contributed by atoms with E-state index in [4.69, 9.17) is 0 Å². The molecule has 1 unspecified atom stereocenters. The molecule has 1 aromatic rings. The fraction of sp³-hybridized carbons (Fsp3) is 0.417. The fourth-order valence-corrected chi connectivity index (χ4v) is 1.77. The zero-order valence-electron chi connectivity index (χ0n) is 10.3. The van der Waals surface area contributed by atoms with Gasteiger partial charge in [-0.25, -0.2) is 9.18 Å². The number of benzene rings is 1. The van der Waals surface area contributed by atoms with Crippen LogP contribution in [0.15, 0.2) is 22.7 Å². The quantitative estimate of drug-likeness (QED) is 0.799. The number of carbonyl (C=O) groups is 1. The number of hydrogen-bond acceptors (Lipinski definition) is 2. The molecule has 1 aromatic carbocycles. The number of amides is 2. The summed E-state index contributed by atoms with van der Waals surface area (Å²) in [4.78, 5) is 11.7. The van der Waals surface area contributed by atoms with Crippen molar-refractivity contribution in [1.82, 2.24) is 5.32 Å². The summed E-state index contributed by atoms with van der Waals surface area (Å²) in [6.45, 7) is 3.42. The van der Waals surface area contributed by atoms with Gasteiger partial charge in [0, 0.05) is 10.2 Å². The van der Waals surface area contributed by atoms with Crippen molar-refractivity contribution < 1.29 is 14.3 Å². The number of aliphatic hydroxyl groups excluding tert-OH is 1. The Labute approximate surface area is 114 Å². The van der Waals surface area contributed by atoms with Crippen LogP contribution in [0.3, 0.4) is 0 Å². The maximum absolute atomic E-state index is 13.1. The van der Waals surface area contributed by atoms with Gasteiger partial charge in [-0.3, -0.25) is 0 Å². The van der Waals surface area contributed by atoms with Crippen molar-refractivity contribution in [2.24, 2.45) is 0 Å². The van der Waals surface area contributed by atoms with Crippen molar-refractivity contribution in [3.63, 3.8) is 0 Å². The molecule has 0 aliphatic heterocycles. The van der Waals surface area contributed by atoms with Gasteiger partial charge in [-0.2, -0.15) is 0 Å². The van der Waals surface area contributed by atoms with Gasteiger partial charge in [0.2, 0.25) is 0 Å². The summed E-state index contributed by atoms with van der Waals surface area (Å²) in [6, 6.07) is 3.62. The average Bonchev–Trinajstić information content (AvgIpc) is 2.27. The van der Waals surface area contributed by atoms with Crippen LogP contribution >= 0.6 is 15.9 Å². The number of carbonyl (C=O) groups excluding carboxylic acids is 1. The molecule has 0 spiro atoms. The van der Waals surface area contributed by atoms with Crippen LogP contribution in [0.5, 0.6) is 0 Å². The van der Waals surface area contributed by atoms with E-state index < -0.39 is 17.4 Å². The molecule has 0 aromatic heterocycles. The van der Waals surface area contributed by atoms with Crippen LogP contribution in [0, 0.1) is 5.82 Å². The monoisotopic (exact) mass is 318 g/mol. The third-order valence-electron chi connectivity index (χ3n) is 2.67. The molecule has 2 amide bonds. The Morgan fingerprint density at radius 2 is 2.17 bits per heavy atom. The van der Waals surface area contributed by atoms with Crippen molar-refractivity contribution in [3.8, 4) is 0 Å². The summed E-state index contributed by atoms with van der Waals surface area (Å²) in [5.41, 5.74) is -0.343. The summed E-state index contributed by atoms with van der Waals surface area (Å²) in [6.07, 6.45) is 0.587. The maximum Gasteiger partial charge on any atom is 0.319 e. The van der Waals surface area contributed by atoms with Crippen molar-refractivity contribution >= 4 is 27.6 Å². The first-order chi connectivity index (χ1) is 8.38. The predicted octanol–water partition coefficient (Wildman–Crippen LogP) is 2.87. The first kappa shape index (κ1) is 14.9. The third-order valence-corrected chi connectivity index (χ3v) is 3.12. The molecule has 3 N–H and O–H groups in total. The summed E-state index contributed by atoms with van der Waals surface area (Å²) in [5, 5.41) is 14.3. The highest BCUT2D eigenvalue weighted by Crippen LogP contribution is 2.18. The molecule has 0 heterocycles. The molecule has 0 radical (unpaired) electrons. The molecule has 0 aliphatic rings. The topological polar surface area (TPSA) is 61.4 Å². The van der Waals surface area contributed by atoms with Crippen molar-refractivity contribution in [3.05, 3.63) is 28.5 Å². The third kappa shape index (κ3) is 4.27. The minimum atomic E-state index is -0.686. The number of aliphatic hydroxyl groups is 1. The Kier molecular flexibility index (Phi) is 5.10. The molecule has 4 nitrogen and oxygen atoms in total. The Balaban J connectivity index is 2.70. The lowest BCUT2D eigenvalue weighted by molar-refractivity contribution is 0.172. The fourth-order valence-electron chi connectivity index (χ4n) is 1.30. The number of rotatable bonds is 4. The normalized spacial score (nSPS) is 13.8. The molecule has 1 atom stereocenters. The van der Waals surface area contributed by atoms with E-state index in [-0.39, 0.29) is 6.61 Å². The van der Waals surface area contributed by atoms with E-state index in [0.717, 1.165) is 0 Å². The van der Waals surface area contributed by atoms with Gasteiger partial charge >= 0.3 is 6.03 Å².